The number of hydrogen-bond acceptors (Lipinski definition) is 5. The van der Waals surface area contributed by atoms with Crippen molar-refractivity contribution < 1.29 is 13.2 Å². The van der Waals surface area contributed by atoms with E-state index in [4.69, 9.17) is 4.98 Å². The summed E-state index contributed by atoms with van der Waals surface area (Å²) in [5, 5.41) is 7.98. The van der Waals surface area contributed by atoms with E-state index in [1.165, 1.54) is 28.0 Å². The van der Waals surface area contributed by atoms with Gasteiger partial charge in [0.15, 0.2) is 5.69 Å². The molecule has 10 heteroatoms. The summed E-state index contributed by atoms with van der Waals surface area (Å²) < 4.78 is 41.8. The summed E-state index contributed by atoms with van der Waals surface area (Å²) in [6.45, 7) is 3.17. The van der Waals surface area contributed by atoms with Gasteiger partial charge in [-0.3, -0.25) is 14.3 Å². The summed E-state index contributed by atoms with van der Waals surface area (Å²) >= 11 is 0. The first-order valence-electron chi connectivity index (χ1n) is 11.1. The summed E-state index contributed by atoms with van der Waals surface area (Å²) in [7, 11) is 2.04. The van der Waals surface area contributed by atoms with Crippen LogP contribution in [0.5, 0.6) is 0 Å². The molecule has 3 aliphatic rings. The highest BCUT2D eigenvalue weighted by Crippen LogP contribution is 2.40. The molecule has 0 atom stereocenters. The quantitative estimate of drug-likeness (QED) is 0.448. The highest BCUT2D eigenvalue weighted by molar-refractivity contribution is 5.83. The van der Waals surface area contributed by atoms with E-state index in [0.29, 0.717) is 17.3 Å². The molecule has 4 aromatic heterocycles. The lowest BCUT2D eigenvalue weighted by Gasteiger charge is -2.27. The minimum atomic E-state index is -4.56. The maximum absolute atomic E-state index is 12.9. The second-order valence-electron chi connectivity index (χ2n) is 8.94. The zero-order valence-electron chi connectivity index (χ0n) is 18.4. The van der Waals surface area contributed by atoms with Gasteiger partial charge < -0.3 is 4.57 Å². The Kier molecular flexibility index (Phi) is 4.63. The van der Waals surface area contributed by atoms with Crippen LogP contribution in [0, 0.1) is 0 Å². The van der Waals surface area contributed by atoms with Crippen LogP contribution in [0.3, 0.4) is 0 Å². The Labute approximate surface area is 192 Å². The molecule has 174 valence electrons. The molecule has 4 aromatic rings. The Morgan fingerprint density at radius 3 is 2.50 bits per heavy atom. The molecule has 7 nitrogen and oxygen atoms in total. The lowest BCUT2D eigenvalue weighted by atomic mass is 9.94. The van der Waals surface area contributed by atoms with E-state index in [-0.39, 0.29) is 11.3 Å². The lowest BCUT2D eigenvalue weighted by Crippen LogP contribution is -2.29. The Bertz CT molecular complexity index is 1460. The maximum Gasteiger partial charge on any atom is 0.435 e. The normalized spacial score (nSPS) is 19.9. The molecule has 1 fully saturated rings. The number of halogens is 3. The molecule has 1 saturated heterocycles. The summed E-state index contributed by atoms with van der Waals surface area (Å²) in [6, 6.07) is 8.88. The third-order valence-corrected chi connectivity index (χ3v) is 6.95. The fourth-order valence-electron chi connectivity index (χ4n) is 5.26. The van der Waals surface area contributed by atoms with Gasteiger partial charge >= 0.3 is 6.18 Å². The molecule has 0 aliphatic carbocycles. The number of rotatable bonds is 2. The zero-order valence-corrected chi connectivity index (χ0v) is 18.4. The molecule has 7 rings (SSSR count). The van der Waals surface area contributed by atoms with E-state index >= 15 is 0 Å². The van der Waals surface area contributed by atoms with Crippen LogP contribution < -0.4 is 5.56 Å². The molecule has 3 aliphatic heterocycles. The van der Waals surface area contributed by atoms with Gasteiger partial charge in [0, 0.05) is 48.4 Å². The van der Waals surface area contributed by atoms with Crippen LogP contribution >= 0.6 is 0 Å². The maximum atomic E-state index is 12.9. The van der Waals surface area contributed by atoms with Crippen molar-refractivity contribution in [2.75, 3.05) is 13.1 Å². The van der Waals surface area contributed by atoms with E-state index in [1.807, 2.05) is 19.2 Å². The molecule has 0 N–H and O–H groups in total. The Balaban J connectivity index is 1.38. The molecular formula is C24H21F3N6O. The Morgan fingerprint density at radius 1 is 1.03 bits per heavy atom. The van der Waals surface area contributed by atoms with Gasteiger partial charge in [0.05, 0.1) is 5.69 Å². The fourth-order valence-corrected chi connectivity index (χ4v) is 5.26. The zero-order chi connectivity index (χ0) is 23.6. The summed E-state index contributed by atoms with van der Waals surface area (Å²) in [5.74, 6) is 1.02. The SMILES string of the molecule is Cn1c2c(c3ccc(-n4ccc(-c5ccc(C(F)(F)F)nn5)cc4=O)nc31)CN1CCC2CC1. The summed E-state index contributed by atoms with van der Waals surface area (Å²) in [6.07, 6.45) is -0.701. The first-order valence-corrected chi connectivity index (χ1v) is 11.1. The summed E-state index contributed by atoms with van der Waals surface area (Å²) in [5.41, 5.74) is 2.68. The third kappa shape index (κ3) is 3.32. The minimum absolute atomic E-state index is 0.192. The van der Waals surface area contributed by atoms with Gasteiger partial charge in [-0.2, -0.15) is 13.2 Å². The highest BCUT2D eigenvalue weighted by atomic mass is 19.4. The van der Waals surface area contributed by atoms with Gasteiger partial charge in [-0.25, -0.2) is 4.98 Å². The predicted octanol–water partition coefficient (Wildman–Crippen LogP) is 3.89. The predicted molar refractivity (Wildman–Crippen MR) is 120 cm³/mol. The first kappa shape index (κ1) is 21.0. The van der Waals surface area contributed by atoms with E-state index in [9.17, 15) is 18.0 Å². The largest absolute Gasteiger partial charge is 0.435 e. The monoisotopic (exact) mass is 466 g/mol. The molecule has 0 amide bonds. The smallest absolute Gasteiger partial charge is 0.332 e. The number of alkyl halides is 3. The van der Waals surface area contributed by atoms with Gasteiger partial charge in [-0.15, -0.1) is 10.2 Å². The number of aromatic nitrogens is 5. The van der Waals surface area contributed by atoms with Crippen LogP contribution in [0.15, 0.2) is 47.4 Å². The Morgan fingerprint density at radius 2 is 1.82 bits per heavy atom. The number of pyridine rings is 2. The standard InChI is InChI=1S/C24H21F3N6O/c1-31-22-14-6-9-32(10-7-14)13-17(22)16-2-5-20(28-23(16)31)33-11-8-15(12-21(33)34)18-3-4-19(30-29-18)24(25,26)27/h2-5,8,11-12,14H,6-7,9-10,13H2,1H3. The van der Waals surface area contributed by atoms with E-state index in [1.54, 1.807) is 12.3 Å². The van der Waals surface area contributed by atoms with Gasteiger partial charge in [0.1, 0.15) is 11.5 Å². The average molecular weight is 466 g/mol. The minimum Gasteiger partial charge on any atom is -0.332 e. The topological polar surface area (TPSA) is 68.8 Å². The van der Waals surface area contributed by atoms with Crippen molar-refractivity contribution in [1.29, 1.82) is 0 Å². The van der Waals surface area contributed by atoms with Crippen molar-refractivity contribution in [3.8, 4) is 17.1 Å². The molecule has 0 saturated carbocycles. The summed E-state index contributed by atoms with van der Waals surface area (Å²) in [4.78, 5) is 20.2. The van der Waals surface area contributed by atoms with Crippen LogP contribution in [0.25, 0.3) is 28.1 Å². The van der Waals surface area contributed by atoms with E-state index in [2.05, 4.69) is 19.7 Å². The van der Waals surface area contributed by atoms with Gasteiger partial charge in [0.25, 0.3) is 5.56 Å². The Hall–Kier alpha value is -3.53. The van der Waals surface area contributed by atoms with Gasteiger partial charge in [-0.05, 0) is 61.8 Å². The number of nitrogens with zero attached hydrogens (tertiary/aromatic N) is 6. The van der Waals surface area contributed by atoms with Crippen molar-refractivity contribution in [3.63, 3.8) is 0 Å². The third-order valence-electron chi connectivity index (χ3n) is 6.95. The second kappa shape index (κ2) is 7.49. The number of piperidine rings is 1. The number of fused-ring (bicyclic) bond motifs is 3. The van der Waals surface area contributed by atoms with Crippen LogP contribution in [0.2, 0.25) is 0 Å². The lowest BCUT2D eigenvalue weighted by molar-refractivity contribution is -0.141. The van der Waals surface area contributed by atoms with Crippen LogP contribution in [0.1, 0.15) is 35.7 Å². The molecule has 0 spiro atoms. The van der Waals surface area contributed by atoms with Crippen molar-refractivity contribution in [2.24, 2.45) is 7.05 Å². The molecule has 2 bridgehead atoms. The fraction of sp³-hybridized carbons (Fsp3) is 0.333. The molecule has 0 radical (unpaired) electrons. The molecular weight excluding hydrogens is 445 g/mol. The van der Waals surface area contributed by atoms with Crippen molar-refractivity contribution >= 4 is 11.0 Å². The van der Waals surface area contributed by atoms with Crippen LogP contribution in [-0.2, 0) is 19.8 Å². The average Bonchev–Trinajstić information content (AvgIpc) is 2.97. The number of hydrogen-bond donors (Lipinski definition) is 0. The molecule has 0 unspecified atom stereocenters. The van der Waals surface area contributed by atoms with Crippen molar-refractivity contribution in [2.45, 2.75) is 31.5 Å². The molecule has 0 aromatic carbocycles. The van der Waals surface area contributed by atoms with E-state index < -0.39 is 11.9 Å². The van der Waals surface area contributed by atoms with E-state index in [0.717, 1.165) is 49.6 Å². The van der Waals surface area contributed by atoms with Gasteiger partial charge in [-0.1, -0.05) is 0 Å². The first-order chi connectivity index (χ1) is 16.3. The van der Waals surface area contributed by atoms with Crippen molar-refractivity contribution in [1.82, 2.24) is 29.2 Å². The molecule has 34 heavy (non-hydrogen) atoms. The highest BCUT2D eigenvalue weighted by Gasteiger charge is 2.33. The van der Waals surface area contributed by atoms with Crippen molar-refractivity contribution in [3.05, 3.63) is 69.9 Å². The molecule has 7 heterocycles. The second-order valence-corrected chi connectivity index (χ2v) is 8.94. The van der Waals surface area contributed by atoms with Gasteiger partial charge in [0.2, 0.25) is 0 Å². The van der Waals surface area contributed by atoms with Crippen LogP contribution in [-0.4, -0.2) is 42.3 Å². The number of aryl methyl sites for hydroxylation is 1. The van der Waals surface area contributed by atoms with Crippen LogP contribution in [0.4, 0.5) is 13.2 Å².